The quantitative estimate of drug-likeness (QED) is 0.296. The zero-order valence-corrected chi connectivity index (χ0v) is 12.2. The summed E-state index contributed by atoms with van der Waals surface area (Å²) in [6, 6.07) is 0. The van der Waals surface area contributed by atoms with E-state index in [1.54, 1.807) is 0 Å². The van der Waals surface area contributed by atoms with Gasteiger partial charge in [0.1, 0.15) is 6.23 Å². The van der Waals surface area contributed by atoms with Crippen LogP contribution >= 0.6 is 0 Å². The lowest BCUT2D eigenvalue weighted by atomic mass is 10.2. The minimum atomic E-state index is -4.67. The molecule has 0 bridgehead atoms. The van der Waals surface area contributed by atoms with E-state index in [2.05, 4.69) is 12.2 Å². The summed E-state index contributed by atoms with van der Waals surface area (Å²) < 4.78 is 31.6. The van der Waals surface area contributed by atoms with Crippen LogP contribution in [0.25, 0.3) is 0 Å². The number of aliphatic hydroxyl groups is 1. The summed E-state index contributed by atoms with van der Waals surface area (Å²) >= 11 is 0. The Balaban J connectivity index is 0. The second-order valence-corrected chi connectivity index (χ2v) is 4.85. The molecule has 0 spiro atoms. The average Bonchev–Trinajstić information content (AvgIpc) is 2.25. The minimum Gasteiger partial charge on any atom is -0.378 e. The SMILES string of the molecule is CCCCCNCN(C)C(O)CC.O=S(=O)(O)O. The van der Waals surface area contributed by atoms with Crippen molar-refractivity contribution < 1.29 is 22.6 Å². The lowest BCUT2D eigenvalue weighted by Crippen LogP contribution is -2.38. The Morgan fingerprint density at radius 1 is 1.22 bits per heavy atom. The standard InChI is InChI=1S/C10H24N2O.H2O4S/c1-4-6-7-8-11-9-12(3)10(13)5-2;1-5(2,3)4/h10-11,13H,4-9H2,1-3H3;(H2,1,2,3,4). The number of nitrogens with zero attached hydrogens (tertiary/aromatic N) is 1. The van der Waals surface area contributed by atoms with Gasteiger partial charge < -0.3 is 10.4 Å². The van der Waals surface area contributed by atoms with Crippen LogP contribution in [0.2, 0.25) is 0 Å². The molecule has 0 aromatic rings. The van der Waals surface area contributed by atoms with Crippen LogP contribution in [0, 0.1) is 0 Å². The summed E-state index contributed by atoms with van der Waals surface area (Å²) in [5.74, 6) is 0. The van der Waals surface area contributed by atoms with Gasteiger partial charge in [0, 0.05) is 0 Å². The van der Waals surface area contributed by atoms with Gasteiger partial charge in [-0.1, -0.05) is 26.7 Å². The van der Waals surface area contributed by atoms with Gasteiger partial charge in [-0.15, -0.1) is 0 Å². The van der Waals surface area contributed by atoms with Crippen LogP contribution in [-0.2, 0) is 10.4 Å². The van der Waals surface area contributed by atoms with Crippen LogP contribution in [0.1, 0.15) is 39.5 Å². The van der Waals surface area contributed by atoms with Gasteiger partial charge in [0.2, 0.25) is 0 Å². The molecule has 1 unspecified atom stereocenters. The molecular formula is C10H26N2O5S. The molecule has 0 aromatic carbocycles. The molecule has 0 rings (SSSR count). The number of hydrogen-bond donors (Lipinski definition) is 4. The zero-order chi connectivity index (χ0) is 14.6. The third-order valence-electron chi connectivity index (χ3n) is 2.19. The minimum absolute atomic E-state index is 0.307. The smallest absolute Gasteiger partial charge is 0.378 e. The molecule has 0 aliphatic heterocycles. The van der Waals surface area contributed by atoms with Gasteiger partial charge >= 0.3 is 10.4 Å². The highest BCUT2D eigenvalue weighted by molar-refractivity contribution is 7.79. The van der Waals surface area contributed by atoms with Crippen LogP contribution in [0.4, 0.5) is 0 Å². The van der Waals surface area contributed by atoms with Crippen molar-refractivity contribution in [2.45, 2.75) is 45.8 Å². The lowest BCUT2D eigenvalue weighted by molar-refractivity contribution is 0.0147. The molecule has 0 aliphatic carbocycles. The third-order valence-corrected chi connectivity index (χ3v) is 2.19. The molecule has 0 amide bonds. The molecule has 0 saturated heterocycles. The van der Waals surface area contributed by atoms with Crippen LogP contribution in [0.15, 0.2) is 0 Å². The highest BCUT2D eigenvalue weighted by atomic mass is 32.3. The van der Waals surface area contributed by atoms with Crippen molar-refractivity contribution in [1.29, 1.82) is 0 Å². The molecule has 0 fully saturated rings. The fourth-order valence-corrected chi connectivity index (χ4v) is 1.17. The number of rotatable bonds is 8. The number of aliphatic hydroxyl groups excluding tert-OH is 1. The molecule has 4 N–H and O–H groups in total. The van der Waals surface area contributed by atoms with Crippen LogP contribution in [0.5, 0.6) is 0 Å². The summed E-state index contributed by atoms with van der Waals surface area (Å²) in [4.78, 5) is 1.92. The first-order valence-electron chi connectivity index (χ1n) is 6.01. The van der Waals surface area contributed by atoms with Gasteiger partial charge in [-0.3, -0.25) is 14.0 Å². The van der Waals surface area contributed by atoms with E-state index in [1.807, 2.05) is 18.9 Å². The maximum atomic E-state index is 9.42. The van der Waals surface area contributed by atoms with Crippen molar-refractivity contribution in [3.05, 3.63) is 0 Å². The van der Waals surface area contributed by atoms with Gasteiger partial charge in [-0.25, -0.2) is 0 Å². The maximum Gasteiger partial charge on any atom is 0.394 e. The molecule has 7 nitrogen and oxygen atoms in total. The van der Waals surface area contributed by atoms with Crippen molar-refractivity contribution in [2.75, 3.05) is 20.3 Å². The fourth-order valence-electron chi connectivity index (χ4n) is 1.17. The van der Waals surface area contributed by atoms with Gasteiger partial charge in [-0.05, 0) is 26.4 Å². The van der Waals surface area contributed by atoms with Crippen molar-refractivity contribution >= 4 is 10.4 Å². The van der Waals surface area contributed by atoms with E-state index in [0.29, 0.717) is 0 Å². The summed E-state index contributed by atoms with van der Waals surface area (Å²) in [6.45, 7) is 6.01. The van der Waals surface area contributed by atoms with E-state index in [1.165, 1.54) is 19.3 Å². The van der Waals surface area contributed by atoms with Crippen molar-refractivity contribution in [3.63, 3.8) is 0 Å². The molecule has 0 heterocycles. The van der Waals surface area contributed by atoms with E-state index in [4.69, 9.17) is 17.5 Å². The second kappa shape index (κ2) is 11.8. The van der Waals surface area contributed by atoms with Crippen LogP contribution in [-0.4, -0.2) is 54.0 Å². The first-order valence-corrected chi connectivity index (χ1v) is 7.40. The van der Waals surface area contributed by atoms with Crippen molar-refractivity contribution in [1.82, 2.24) is 10.2 Å². The number of hydrogen-bond acceptors (Lipinski definition) is 5. The van der Waals surface area contributed by atoms with Crippen LogP contribution < -0.4 is 5.32 Å². The highest BCUT2D eigenvalue weighted by Crippen LogP contribution is 1.95. The molecule has 1 atom stereocenters. The fraction of sp³-hybridized carbons (Fsp3) is 1.00. The van der Waals surface area contributed by atoms with E-state index in [9.17, 15) is 5.11 Å². The molecular weight excluding hydrogens is 260 g/mol. The molecule has 112 valence electrons. The highest BCUT2D eigenvalue weighted by Gasteiger charge is 2.06. The largest absolute Gasteiger partial charge is 0.394 e. The van der Waals surface area contributed by atoms with Gasteiger partial charge in [0.25, 0.3) is 0 Å². The molecule has 0 aromatic heterocycles. The Morgan fingerprint density at radius 3 is 2.11 bits per heavy atom. The average molecular weight is 286 g/mol. The monoisotopic (exact) mass is 286 g/mol. The lowest BCUT2D eigenvalue weighted by Gasteiger charge is -2.22. The second-order valence-electron chi connectivity index (χ2n) is 3.96. The Kier molecular flexibility index (Phi) is 13.2. The first kappa shape index (κ1) is 20.1. The Hall–Kier alpha value is -0.250. The molecule has 0 radical (unpaired) electrons. The molecule has 0 saturated carbocycles. The van der Waals surface area contributed by atoms with E-state index in [0.717, 1.165) is 19.6 Å². The Morgan fingerprint density at radius 2 is 1.72 bits per heavy atom. The molecule has 0 aliphatic rings. The zero-order valence-electron chi connectivity index (χ0n) is 11.3. The first-order chi connectivity index (χ1) is 8.22. The Bertz CT molecular complexity index is 263. The predicted octanol–water partition coefficient (Wildman–Crippen LogP) is 0.731. The predicted molar refractivity (Wildman–Crippen MR) is 70.6 cm³/mol. The van der Waals surface area contributed by atoms with Gasteiger partial charge in [-0.2, -0.15) is 8.42 Å². The van der Waals surface area contributed by atoms with E-state index >= 15 is 0 Å². The molecule has 8 heteroatoms. The maximum absolute atomic E-state index is 9.42. The summed E-state index contributed by atoms with van der Waals surface area (Å²) in [6.07, 6.45) is 4.25. The van der Waals surface area contributed by atoms with Gasteiger partial charge in [0.05, 0.1) is 6.67 Å². The number of nitrogens with one attached hydrogen (secondary N) is 1. The Labute approximate surface area is 110 Å². The van der Waals surface area contributed by atoms with Crippen LogP contribution in [0.3, 0.4) is 0 Å². The normalized spacial score (nSPS) is 13.1. The van der Waals surface area contributed by atoms with Crippen molar-refractivity contribution in [3.8, 4) is 0 Å². The third kappa shape index (κ3) is 21.1. The molecule has 18 heavy (non-hydrogen) atoms. The topological polar surface area (TPSA) is 110 Å². The summed E-state index contributed by atoms with van der Waals surface area (Å²) in [5.41, 5.74) is 0. The summed E-state index contributed by atoms with van der Waals surface area (Å²) in [7, 11) is -2.74. The van der Waals surface area contributed by atoms with Crippen molar-refractivity contribution in [2.24, 2.45) is 0 Å². The number of unbranched alkanes of at least 4 members (excludes halogenated alkanes) is 2. The summed E-state index contributed by atoms with van der Waals surface area (Å²) in [5, 5.41) is 12.7. The van der Waals surface area contributed by atoms with E-state index < -0.39 is 10.4 Å². The van der Waals surface area contributed by atoms with E-state index in [-0.39, 0.29) is 6.23 Å². The van der Waals surface area contributed by atoms with Gasteiger partial charge in [0.15, 0.2) is 0 Å².